The molecule has 3 rings (SSSR count). The molecule has 0 aliphatic carbocycles. The molecule has 0 fully saturated rings. The van der Waals surface area contributed by atoms with Gasteiger partial charge in [0, 0.05) is 101 Å². The van der Waals surface area contributed by atoms with E-state index in [1.165, 1.54) is 0 Å². The maximum atomic E-state index is 12.8. The summed E-state index contributed by atoms with van der Waals surface area (Å²) in [7, 11) is -18.5. The minimum atomic E-state index is -5.29. The molecular formula is C21H21N3Na3O15S4. The quantitative estimate of drug-likeness (QED) is 0.103. The number of benzene rings is 3. The molecular weight excluding hydrogens is 731 g/mol. The second kappa shape index (κ2) is 17.2. The number of phenols is 1. The predicted molar refractivity (Wildman–Crippen MR) is 164 cm³/mol. The molecule has 0 spiro atoms. The Labute approximate surface area is 329 Å². The number of nitrogens with one attached hydrogen (secondary N) is 1. The Morgan fingerprint density at radius 2 is 1.41 bits per heavy atom. The van der Waals surface area contributed by atoms with Gasteiger partial charge in [-0.25, -0.2) is 12.6 Å². The fourth-order valence-electron chi connectivity index (χ4n) is 3.68. The van der Waals surface area contributed by atoms with Crippen molar-refractivity contribution in [1.82, 2.24) is 0 Å². The number of amides is 1. The number of nitrogens with zero attached hydrogens (tertiary/aromatic N) is 2. The fraction of sp³-hybridized carbons (Fsp3) is 0.190. The molecule has 0 aliphatic heterocycles. The molecule has 0 bridgehead atoms. The van der Waals surface area contributed by atoms with Gasteiger partial charge in [0.15, 0.2) is 15.6 Å². The first-order valence-electron chi connectivity index (χ1n) is 11.2. The van der Waals surface area contributed by atoms with Crippen LogP contribution in [-0.2, 0) is 49.5 Å². The van der Waals surface area contributed by atoms with Gasteiger partial charge in [-0.15, -0.1) is 5.11 Å². The molecule has 1 amide bonds. The van der Waals surface area contributed by atoms with Crippen molar-refractivity contribution in [3.8, 4) is 11.5 Å². The van der Waals surface area contributed by atoms with Gasteiger partial charge in [-0.2, -0.15) is 30.4 Å². The van der Waals surface area contributed by atoms with Crippen LogP contribution in [0, 0.1) is 0 Å². The van der Waals surface area contributed by atoms with Crippen LogP contribution in [0.25, 0.3) is 10.8 Å². The average Bonchev–Trinajstić information content (AvgIpc) is 2.85. The van der Waals surface area contributed by atoms with E-state index in [1.807, 2.05) is 0 Å². The van der Waals surface area contributed by atoms with Gasteiger partial charge in [0.1, 0.15) is 26.1 Å². The first-order chi connectivity index (χ1) is 19.7. The fourth-order valence-corrected chi connectivity index (χ4v) is 6.69. The molecule has 3 aromatic rings. The molecule has 3 radical (unpaired) electrons. The van der Waals surface area contributed by atoms with Gasteiger partial charge >= 0.3 is 10.4 Å². The van der Waals surface area contributed by atoms with Crippen LogP contribution in [0.3, 0.4) is 0 Å². The zero-order chi connectivity index (χ0) is 32.5. The van der Waals surface area contributed by atoms with Crippen molar-refractivity contribution in [2.24, 2.45) is 10.2 Å². The largest absolute Gasteiger partial charge is 0.505 e. The molecule has 25 heteroatoms. The summed E-state index contributed by atoms with van der Waals surface area (Å²) in [4.78, 5) is 9.06. The van der Waals surface area contributed by atoms with Crippen LogP contribution in [-0.4, -0.2) is 166 Å². The zero-order valence-corrected chi connectivity index (χ0v) is 34.0. The van der Waals surface area contributed by atoms with Crippen molar-refractivity contribution in [3.05, 3.63) is 36.4 Å². The van der Waals surface area contributed by atoms with E-state index in [-0.39, 0.29) is 106 Å². The first kappa shape index (κ1) is 45.2. The number of methoxy groups -OCH3 is 1. The molecule has 237 valence electrons. The molecule has 0 heterocycles. The monoisotopic (exact) mass is 752 g/mol. The number of aromatic hydroxyl groups is 1. The summed E-state index contributed by atoms with van der Waals surface area (Å²) in [6, 6.07) is 5.44. The smallest absolute Gasteiger partial charge is 0.397 e. The molecule has 0 aromatic heterocycles. The van der Waals surface area contributed by atoms with Crippen molar-refractivity contribution >= 4 is 163 Å². The predicted octanol–water partition coefficient (Wildman–Crippen LogP) is 0.872. The molecule has 46 heavy (non-hydrogen) atoms. The van der Waals surface area contributed by atoms with E-state index < -0.39 is 95.6 Å². The van der Waals surface area contributed by atoms with E-state index in [2.05, 4.69) is 19.7 Å². The first-order valence-corrected chi connectivity index (χ1v) is 17.0. The number of carbonyl (C=O) groups is 1. The Bertz CT molecular complexity index is 2110. The molecule has 0 saturated carbocycles. The van der Waals surface area contributed by atoms with Gasteiger partial charge < -0.3 is 15.2 Å². The Morgan fingerprint density at radius 1 is 0.826 bits per heavy atom. The van der Waals surface area contributed by atoms with Crippen molar-refractivity contribution in [3.63, 3.8) is 0 Å². The van der Waals surface area contributed by atoms with Crippen LogP contribution < -0.4 is 10.1 Å². The van der Waals surface area contributed by atoms with Crippen LogP contribution >= 0.6 is 0 Å². The van der Waals surface area contributed by atoms with Gasteiger partial charge in [0.2, 0.25) is 5.91 Å². The van der Waals surface area contributed by atoms with Crippen LogP contribution in [0.2, 0.25) is 0 Å². The van der Waals surface area contributed by atoms with Gasteiger partial charge in [0.25, 0.3) is 20.2 Å². The molecule has 0 saturated heterocycles. The number of sulfone groups is 1. The van der Waals surface area contributed by atoms with Crippen molar-refractivity contribution in [2.75, 3.05) is 24.8 Å². The van der Waals surface area contributed by atoms with E-state index in [0.717, 1.165) is 44.4 Å². The number of phenolic OH excluding ortho intramolecular Hbond substituents is 1. The van der Waals surface area contributed by atoms with Crippen LogP contribution in [0.5, 0.6) is 11.5 Å². The standard InChI is InChI=1S/C21H21N3O15S4.3Na/c1-11(25)22-14-4-6-16(41(29,30)31)13-10-18(42(32,33)34)20(21(26)19(13)14)24-23-12-3-5-15(38-2)17(9-12)40(27,28)8-7-39-43(35,36)37;;;/h3-6,9-10,26H,7-8H2,1-2H3,(H,22,25)(H,29,30,31)(H,32,33,34)(H,35,36,37);;;. The van der Waals surface area contributed by atoms with E-state index in [9.17, 15) is 52.7 Å². The summed E-state index contributed by atoms with van der Waals surface area (Å²) in [5.74, 6) is -3.01. The maximum absolute atomic E-state index is 12.8. The summed E-state index contributed by atoms with van der Waals surface area (Å²) in [5.41, 5.74) is -1.55. The van der Waals surface area contributed by atoms with Gasteiger partial charge in [0.05, 0.1) is 36.2 Å². The van der Waals surface area contributed by atoms with E-state index in [4.69, 9.17) is 9.29 Å². The third kappa shape index (κ3) is 11.4. The normalized spacial score (nSPS) is 12.1. The maximum Gasteiger partial charge on any atom is 0.397 e. The number of ether oxygens (including phenoxy) is 1. The number of rotatable bonds is 11. The average molecular weight is 753 g/mol. The second-order valence-electron chi connectivity index (χ2n) is 8.34. The molecule has 0 unspecified atom stereocenters. The Balaban J connectivity index is 0.00000675. The van der Waals surface area contributed by atoms with E-state index in [1.54, 1.807) is 0 Å². The summed E-state index contributed by atoms with van der Waals surface area (Å²) in [5, 5.41) is 19.5. The third-order valence-electron chi connectivity index (χ3n) is 5.37. The van der Waals surface area contributed by atoms with Gasteiger partial charge in [-0.05, 0) is 36.4 Å². The molecule has 0 atom stereocenters. The number of azo groups is 1. The number of hydrogen-bond donors (Lipinski definition) is 5. The minimum Gasteiger partial charge on any atom is -0.505 e. The second-order valence-corrected chi connectivity index (χ2v) is 14.3. The number of hydrogen-bond acceptors (Lipinski definition) is 14. The SMILES string of the molecule is COc1ccc(N=Nc2c(S(=O)(=O)O)cc3c(S(=O)(=O)O)ccc(NC(C)=O)c3c2O)cc1S(=O)(=O)CCOS(=O)(=O)O.[Na].[Na].[Na]. The van der Waals surface area contributed by atoms with E-state index >= 15 is 0 Å². The van der Waals surface area contributed by atoms with Crippen molar-refractivity contribution in [1.29, 1.82) is 0 Å². The zero-order valence-electron chi connectivity index (χ0n) is 24.7. The Morgan fingerprint density at radius 3 is 1.91 bits per heavy atom. The van der Waals surface area contributed by atoms with Crippen molar-refractivity contribution in [2.45, 2.75) is 21.6 Å². The number of anilines is 1. The molecule has 5 N–H and O–H groups in total. The van der Waals surface area contributed by atoms with Crippen LogP contribution in [0.4, 0.5) is 17.1 Å². The third-order valence-corrected chi connectivity index (χ3v) is 9.31. The van der Waals surface area contributed by atoms with Gasteiger partial charge in [-0.3, -0.25) is 18.5 Å². The summed E-state index contributed by atoms with van der Waals surface area (Å²) in [6.07, 6.45) is 0. The number of carbonyl (C=O) groups excluding carboxylic acids is 1. The summed E-state index contributed by atoms with van der Waals surface area (Å²) in [6.45, 7) is 0.0951. The van der Waals surface area contributed by atoms with Gasteiger partial charge in [-0.1, -0.05) is 0 Å². The Kier molecular flexibility index (Phi) is 17.0. The van der Waals surface area contributed by atoms with Crippen LogP contribution in [0.1, 0.15) is 6.92 Å². The molecule has 18 nitrogen and oxygen atoms in total. The Hall–Kier alpha value is -0.770. The summed E-state index contributed by atoms with van der Waals surface area (Å²) < 4.78 is 133. The van der Waals surface area contributed by atoms with E-state index in [0.29, 0.717) is 6.07 Å². The summed E-state index contributed by atoms with van der Waals surface area (Å²) >= 11 is 0. The van der Waals surface area contributed by atoms with Crippen LogP contribution in [0.15, 0.2) is 61.3 Å². The topological polar surface area (TPSA) is 290 Å². The van der Waals surface area contributed by atoms with Crippen molar-refractivity contribution < 1.29 is 66.2 Å². The molecule has 0 aliphatic rings. The minimum absolute atomic E-state index is 0. The molecule has 3 aromatic carbocycles. The number of fused-ring (bicyclic) bond motifs is 1.